The smallest absolute Gasteiger partial charge is 0.335 e. The first-order valence-electron chi connectivity index (χ1n) is 17.0. The number of amides is 1. The number of aliphatic hydroxyl groups is 11. The second kappa shape index (κ2) is 18.1. The first-order valence-corrected chi connectivity index (χ1v) is 17.0. The molecule has 4 fully saturated rings. The van der Waals surface area contributed by atoms with E-state index in [2.05, 4.69) is 15.3 Å². The molecule has 0 bridgehead atoms. The first kappa shape index (κ1) is 42.6. The van der Waals surface area contributed by atoms with Crippen LogP contribution in [0.1, 0.15) is 12.6 Å². The van der Waals surface area contributed by atoms with Gasteiger partial charge in [-0.3, -0.25) is 4.79 Å². The highest BCUT2D eigenvalue weighted by Gasteiger charge is 2.54. The van der Waals surface area contributed by atoms with Gasteiger partial charge in [-0.2, -0.15) is 0 Å². The van der Waals surface area contributed by atoms with Crippen LogP contribution in [-0.4, -0.2) is 226 Å². The number of nitrogens with zero attached hydrogens (tertiary/aromatic N) is 1. The normalized spacial score (nSPS) is 45.9. The van der Waals surface area contributed by atoms with Crippen molar-refractivity contribution >= 4 is 11.9 Å². The van der Waals surface area contributed by atoms with Crippen molar-refractivity contribution in [2.24, 2.45) is 0 Å². The summed E-state index contributed by atoms with van der Waals surface area (Å²) in [5.74, 6) is -2.59. The zero-order valence-corrected chi connectivity index (χ0v) is 28.5. The number of hydrogen-bond donors (Lipinski definition) is 14. The summed E-state index contributed by atoms with van der Waals surface area (Å²) in [6, 6.07) is 0. The maximum absolute atomic E-state index is 12.9. The molecule has 1 amide bonds. The van der Waals surface area contributed by atoms with E-state index < -0.39 is 148 Å². The average molecular weight is 786 g/mol. The Morgan fingerprint density at radius 2 is 1.30 bits per heavy atom. The summed E-state index contributed by atoms with van der Waals surface area (Å²) >= 11 is 0. The topological polar surface area (TPSA) is 382 Å². The van der Waals surface area contributed by atoms with Crippen molar-refractivity contribution in [1.82, 2.24) is 15.3 Å². The molecular formula is C30H47N3O21. The molecule has 54 heavy (non-hydrogen) atoms. The van der Waals surface area contributed by atoms with Crippen molar-refractivity contribution in [2.75, 3.05) is 19.8 Å². The van der Waals surface area contributed by atoms with Crippen LogP contribution in [0.15, 0.2) is 12.5 Å². The number of aliphatic hydroxyl groups excluding tert-OH is 11. The summed E-state index contributed by atoms with van der Waals surface area (Å²) in [6.45, 7) is -0.112. The molecule has 4 aliphatic heterocycles. The highest BCUT2D eigenvalue weighted by Crippen LogP contribution is 2.32. The molecule has 20 atom stereocenters. The van der Waals surface area contributed by atoms with Gasteiger partial charge in [-0.1, -0.05) is 0 Å². The number of H-pyrrole nitrogens is 1. The number of nitrogens with one attached hydrogen (secondary N) is 2. The molecule has 5 rings (SSSR count). The van der Waals surface area contributed by atoms with Crippen LogP contribution in [-0.2, 0) is 49.2 Å². The number of aromatic amines is 1. The third-order valence-corrected chi connectivity index (χ3v) is 9.64. The maximum Gasteiger partial charge on any atom is 0.335 e. The van der Waals surface area contributed by atoms with Gasteiger partial charge in [0.25, 0.3) is 5.91 Å². The van der Waals surface area contributed by atoms with Gasteiger partial charge >= 0.3 is 5.97 Å². The lowest BCUT2D eigenvalue weighted by atomic mass is 9.94. The Hall–Kier alpha value is -2.57. The van der Waals surface area contributed by atoms with E-state index in [0.717, 1.165) is 0 Å². The Balaban J connectivity index is 1.23. The van der Waals surface area contributed by atoms with Crippen LogP contribution in [0.5, 0.6) is 0 Å². The Labute approximate surface area is 305 Å². The second-order valence-electron chi connectivity index (χ2n) is 13.4. The fourth-order valence-electron chi connectivity index (χ4n) is 6.45. The van der Waals surface area contributed by atoms with E-state index >= 15 is 0 Å². The average Bonchev–Trinajstić information content (AvgIpc) is 3.66. The van der Waals surface area contributed by atoms with E-state index in [9.17, 15) is 70.9 Å². The number of carboxylic acids is 1. The molecule has 5 heterocycles. The minimum Gasteiger partial charge on any atom is -0.479 e. The van der Waals surface area contributed by atoms with Gasteiger partial charge < -0.3 is 105 Å². The largest absolute Gasteiger partial charge is 0.479 e. The summed E-state index contributed by atoms with van der Waals surface area (Å²) in [7, 11) is 0. The second-order valence-corrected chi connectivity index (χ2v) is 13.4. The van der Waals surface area contributed by atoms with Crippen molar-refractivity contribution in [1.29, 1.82) is 0 Å². The zero-order chi connectivity index (χ0) is 39.6. The van der Waals surface area contributed by atoms with Crippen LogP contribution in [0.3, 0.4) is 0 Å². The number of rotatable bonds is 13. The number of imidazole rings is 1. The summed E-state index contributed by atoms with van der Waals surface area (Å²) < 4.78 is 38.4. The van der Waals surface area contributed by atoms with Gasteiger partial charge in [-0.05, 0) is 6.92 Å². The van der Waals surface area contributed by atoms with E-state index in [1.165, 1.54) is 19.4 Å². The van der Waals surface area contributed by atoms with Crippen LogP contribution >= 0.6 is 0 Å². The number of carboxylic acid groups (broad SMARTS) is 1. The molecule has 20 unspecified atom stereocenters. The van der Waals surface area contributed by atoms with E-state index in [1.54, 1.807) is 0 Å². The van der Waals surface area contributed by atoms with Gasteiger partial charge in [0.2, 0.25) is 0 Å². The van der Waals surface area contributed by atoms with Crippen molar-refractivity contribution in [3.8, 4) is 0 Å². The van der Waals surface area contributed by atoms with Gasteiger partial charge in [0.05, 0.1) is 25.6 Å². The molecule has 308 valence electrons. The Morgan fingerprint density at radius 3 is 1.87 bits per heavy atom. The fourth-order valence-corrected chi connectivity index (χ4v) is 6.45. The molecule has 0 spiro atoms. The monoisotopic (exact) mass is 785 g/mol. The molecule has 4 aliphatic rings. The number of aliphatic carboxylic acids is 1. The van der Waals surface area contributed by atoms with Gasteiger partial charge in [-0.25, -0.2) is 9.78 Å². The number of aromatic nitrogens is 2. The summed E-state index contributed by atoms with van der Waals surface area (Å²) in [5.41, 5.74) is 0.686. The molecule has 0 radical (unpaired) electrons. The zero-order valence-electron chi connectivity index (χ0n) is 28.5. The molecule has 1 aromatic rings. The molecule has 0 saturated carbocycles. The maximum atomic E-state index is 12.9. The van der Waals surface area contributed by atoms with Crippen LogP contribution in [0.2, 0.25) is 0 Å². The van der Waals surface area contributed by atoms with E-state index in [-0.39, 0.29) is 6.54 Å². The molecule has 24 heteroatoms. The van der Waals surface area contributed by atoms with Gasteiger partial charge in [0.15, 0.2) is 31.1 Å². The Kier molecular flexibility index (Phi) is 14.3. The summed E-state index contributed by atoms with van der Waals surface area (Å²) in [4.78, 5) is 31.1. The number of ether oxygens (including phenoxy) is 7. The van der Waals surface area contributed by atoms with Crippen LogP contribution < -0.4 is 5.32 Å². The lowest BCUT2D eigenvalue weighted by molar-refractivity contribution is -0.361. The van der Waals surface area contributed by atoms with E-state index in [1.807, 2.05) is 0 Å². The minimum atomic E-state index is -2.04. The number of carbonyl (C=O) groups is 2. The molecule has 0 aromatic carbocycles. The van der Waals surface area contributed by atoms with Crippen molar-refractivity contribution in [2.45, 2.75) is 136 Å². The quantitative estimate of drug-likeness (QED) is 0.0883. The predicted octanol–water partition coefficient (Wildman–Crippen LogP) is -8.50. The van der Waals surface area contributed by atoms with Crippen molar-refractivity contribution < 1.29 is 104 Å². The molecule has 14 N–H and O–H groups in total. The molecule has 1 aromatic heterocycles. The Bertz CT molecular complexity index is 1360. The summed E-state index contributed by atoms with van der Waals surface area (Å²) in [5, 5.41) is 128. The van der Waals surface area contributed by atoms with Crippen LogP contribution in [0.25, 0.3) is 0 Å². The van der Waals surface area contributed by atoms with Gasteiger partial charge in [0, 0.05) is 24.9 Å². The van der Waals surface area contributed by atoms with E-state index in [4.69, 9.17) is 33.2 Å². The number of hydrogen-bond acceptors (Lipinski definition) is 21. The first-order chi connectivity index (χ1) is 25.5. The summed E-state index contributed by atoms with van der Waals surface area (Å²) in [6.07, 6.45) is -33.0. The lowest BCUT2D eigenvalue weighted by Crippen LogP contribution is -2.66. The highest BCUT2D eigenvalue weighted by atomic mass is 16.7. The van der Waals surface area contributed by atoms with Gasteiger partial charge in [-0.15, -0.1) is 0 Å². The lowest BCUT2D eigenvalue weighted by Gasteiger charge is -2.47. The van der Waals surface area contributed by atoms with Crippen molar-refractivity contribution in [3.63, 3.8) is 0 Å². The SMILES string of the molecule is CC1OC(COC2OC(CO)C(O)C(OC3OC(C(=O)NCCc4cnc[nH]4)C(O)C(O)C3O)C2O)C(O)C(OC2OC(C(=O)O)C(O)C(O)C2O)C1O. The van der Waals surface area contributed by atoms with Crippen LogP contribution in [0.4, 0.5) is 0 Å². The van der Waals surface area contributed by atoms with Gasteiger partial charge in [0.1, 0.15) is 85.5 Å². The minimum absolute atomic E-state index is 0.0607. The molecule has 4 saturated heterocycles. The van der Waals surface area contributed by atoms with E-state index in [0.29, 0.717) is 12.1 Å². The highest BCUT2D eigenvalue weighted by molar-refractivity contribution is 5.81. The molecular weight excluding hydrogens is 738 g/mol. The number of carbonyl (C=O) groups excluding carboxylic acids is 1. The molecule has 0 aliphatic carbocycles. The Morgan fingerprint density at radius 1 is 0.722 bits per heavy atom. The predicted molar refractivity (Wildman–Crippen MR) is 166 cm³/mol. The molecule has 24 nitrogen and oxygen atoms in total. The van der Waals surface area contributed by atoms with Crippen molar-refractivity contribution in [3.05, 3.63) is 18.2 Å². The third kappa shape index (κ3) is 9.01. The third-order valence-electron chi connectivity index (χ3n) is 9.64. The van der Waals surface area contributed by atoms with Crippen LogP contribution in [0, 0.1) is 0 Å². The fraction of sp³-hybridized carbons (Fsp3) is 0.833. The standard InChI is InChI=1S/C30H47N3O21/c1-8-12(35)22(51-30-20(43)16(39)18(41)25(54-30)27(46)47)14(37)11(49-8)6-48-28-21(44)23(13(36)10(5-34)50-28)52-29-19(42)15(38)17(40)24(53-29)26(45)32-3-2-9-4-31-7-33-9/h4,7-8,10-25,28-30,34-44H,2-3,5-6H2,1H3,(H,31,33)(H,32,45)(H,46,47).